The number of aliphatic hydroxyl groups excluding tert-OH is 1. The SMILES string of the molecule is C.CC.CC.CCC=O.CCO.O=C1CCc2nc(CCC3CCCCC3)ncc2C=C1Oc1ccccc1. The van der Waals surface area contributed by atoms with Gasteiger partial charge in [-0.05, 0) is 43.9 Å². The predicted molar refractivity (Wildman–Crippen MR) is 164 cm³/mol. The van der Waals surface area contributed by atoms with E-state index in [0.717, 1.165) is 35.7 Å². The summed E-state index contributed by atoms with van der Waals surface area (Å²) < 4.78 is 5.82. The van der Waals surface area contributed by atoms with Gasteiger partial charge in [0, 0.05) is 37.6 Å². The lowest BCUT2D eigenvalue weighted by Crippen LogP contribution is -2.09. The number of ketones is 1. The highest BCUT2D eigenvalue weighted by Gasteiger charge is 2.20. The van der Waals surface area contributed by atoms with Gasteiger partial charge >= 0.3 is 0 Å². The smallest absolute Gasteiger partial charge is 0.198 e. The van der Waals surface area contributed by atoms with Gasteiger partial charge in [0.25, 0.3) is 0 Å². The number of ether oxygens (including phenoxy) is 1. The maximum atomic E-state index is 12.5. The summed E-state index contributed by atoms with van der Waals surface area (Å²) >= 11 is 0. The molecule has 1 N–H and O–H groups in total. The molecule has 2 aliphatic carbocycles. The second kappa shape index (κ2) is 25.4. The Balaban J connectivity index is 0. The third-order valence-corrected chi connectivity index (χ3v) is 5.74. The molecule has 2 aliphatic rings. The van der Waals surface area contributed by atoms with Crippen LogP contribution in [0.2, 0.25) is 0 Å². The number of aldehydes is 1. The van der Waals surface area contributed by atoms with E-state index in [9.17, 15) is 9.59 Å². The molecule has 0 aliphatic heterocycles. The molecule has 0 atom stereocenters. The zero-order chi connectivity index (χ0) is 28.6. The van der Waals surface area contributed by atoms with Gasteiger partial charge in [-0.15, -0.1) is 0 Å². The van der Waals surface area contributed by atoms with Crippen molar-refractivity contribution in [3.05, 3.63) is 59.4 Å². The standard InChI is InChI=1S/C23H26N2O2.C3H6O.C2H6O.2C2H6.CH4/c26-21-13-12-20-18(15-22(21)27-19-9-5-2-6-10-19)16-24-23(25-20)14-11-17-7-3-1-4-8-17;1-2-3-4;1-2-3;2*1-2;/h2,5-6,9-10,15-17H,1,3-4,7-8,11-14H2;3H,2H2,1H3;3H,2H2,1H3;2*1-2H3;1H4. The first kappa shape index (κ1) is 38.3. The number of hydrogen-bond donors (Lipinski definition) is 1. The molecular formula is C33H54N2O4. The summed E-state index contributed by atoms with van der Waals surface area (Å²) in [5.74, 6) is 2.80. The van der Waals surface area contributed by atoms with E-state index < -0.39 is 0 Å². The Bertz CT molecular complexity index is 907. The minimum Gasteiger partial charge on any atom is -0.454 e. The maximum Gasteiger partial charge on any atom is 0.198 e. The van der Waals surface area contributed by atoms with E-state index in [0.29, 0.717) is 30.8 Å². The van der Waals surface area contributed by atoms with Crippen LogP contribution in [0.25, 0.3) is 6.08 Å². The Morgan fingerprint density at radius 1 is 1.00 bits per heavy atom. The molecule has 2 aromatic rings. The Labute approximate surface area is 238 Å². The molecule has 1 saturated carbocycles. The number of carbonyl (C=O) groups excluding carboxylic acids is 2. The van der Waals surface area contributed by atoms with E-state index in [-0.39, 0.29) is 19.8 Å². The molecule has 0 saturated heterocycles. The fourth-order valence-electron chi connectivity index (χ4n) is 4.00. The number of para-hydroxylation sites is 1. The fraction of sp³-hybridized carbons (Fsp3) is 0.576. The van der Waals surface area contributed by atoms with Gasteiger partial charge in [0.15, 0.2) is 11.5 Å². The van der Waals surface area contributed by atoms with Crippen LogP contribution in [0.1, 0.15) is 117 Å². The quantitative estimate of drug-likeness (QED) is 0.370. The summed E-state index contributed by atoms with van der Waals surface area (Å²) in [6.07, 6.45) is 15.2. The Morgan fingerprint density at radius 3 is 2.15 bits per heavy atom. The average Bonchev–Trinajstić information content (AvgIpc) is 3.13. The molecule has 6 heteroatoms. The van der Waals surface area contributed by atoms with Crippen molar-refractivity contribution in [2.45, 2.75) is 113 Å². The summed E-state index contributed by atoms with van der Waals surface area (Å²) in [6, 6.07) is 9.42. The normalized spacial score (nSPS) is 13.7. The van der Waals surface area contributed by atoms with Crippen LogP contribution in [-0.4, -0.2) is 33.8 Å². The second-order valence-electron chi connectivity index (χ2n) is 8.47. The monoisotopic (exact) mass is 542 g/mol. The largest absolute Gasteiger partial charge is 0.454 e. The molecule has 0 radical (unpaired) electrons. The molecule has 1 heterocycles. The number of aromatic nitrogens is 2. The molecule has 0 spiro atoms. The number of nitrogens with zero attached hydrogens (tertiary/aromatic N) is 2. The molecule has 6 nitrogen and oxygen atoms in total. The van der Waals surface area contributed by atoms with E-state index in [1.807, 2.05) is 71.1 Å². The van der Waals surface area contributed by atoms with E-state index in [4.69, 9.17) is 14.8 Å². The van der Waals surface area contributed by atoms with Crippen LogP contribution in [0.5, 0.6) is 5.75 Å². The van der Waals surface area contributed by atoms with Crippen molar-refractivity contribution in [2.24, 2.45) is 5.92 Å². The van der Waals surface area contributed by atoms with Crippen molar-refractivity contribution >= 4 is 18.1 Å². The molecule has 4 rings (SSSR count). The van der Waals surface area contributed by atoms with Crippen molar-refractivity contribution in [1.29, 1.82) is 0 Å². The Morgan fingerprint density at radius 2 is 1.59 bits per heavy atom. The Kier molecular flexibility index (Phi) is 25.0. The maximum absolute atomic E-state index is 12.5. The first-order chi connectivity index (χ1) is 18.6. The van der Waals surface area contributed by atoms with Crippen LogP contribution in [0.3, 0.4) is 0 Å². The van der Waals surface area contributed by atoms with Crippen molar-refractivity contribution < 1.29 is 19.4 Å². The van der Waals surface area contributed by atoms with Crippen LogP contribution in [0, 0.1) is 5.92 Å². The highest BCUT2D eigenvalue weighted by Crippen LogP contribution is 2.27. The van der Waals surface area contributed by atoms with Gasteiger partial charge in [-0.1, -0.05) is 92.3 Å². The fourth-order valence-corrected chi connectivity index (χ4v) is 4.00. The first-order valence-electron chi connectivity index (χ1n) is 14.5. The molecular weight excluding hydrogens is 488 g/mol. The van der Waals surface area contributed by atoms with E-state index in [1.165, 1.54) is 38.5 Å². The van der Waals surface area contributed by atoms with Crippen LogP contribution >= 0.6 is 0 Å². The summed E-state index contributed by atoms with van der Waals surface area (Å²) in [6.45, 7) is 11.7. The lowest BCUT2D eigenvalue weighted by molar-refractivity contribution is -0.117. The van der Waals surface area contributed by atoms with Gasteiger partial charge < -0.3 is 14.6 Å². The number of rotatable bonds is 6. The van der Waals surface area contributed by atoms with Crippen molar-refractivity contribution in [1.82, 2.24) is 9.97 Å². The van der Waals surface area contributed by atoms with Crippen LogP contribution in [0.4, 0.5) is 0 Å². The van der Waals surface area contributed by atoms with Gasteiger partial charge in [-0.25, -0.2) is 9.97 Å². The minimum atomic E-state index is 0. The molecule has 1 fully saturated rings. The van der Waals surface area contributed by atoms with Crippen molar-refractivity contribution in [3.63, 3.8) is 0 Å². The number of Topliss-reactive ketones (excluding diaryl/α,β-unsaturated/α-hetero) is 1. The number of hydrogen-bond acceptors (Lipinski definition) is 6. The van der Waals surface area contributed by atoms with Gasteiger partial charge in [0.05, 0.1) is 5.69 Å². The lowest BCUT2D eigenvalue weighted by atomic mass is 9.86. The van der Waals surface area contributed by atoms with Crippen LogP contribution < -0.4 is 4.74 Å². The first-order valence-corrected chi connectivity index (χ1v) is 14.5. The number of aryl methyl sites for hydroxylation is 2. The number of carbonyl (C=O) groups is 2. The summed E-state index contributed by atoms with van der Waals surface area (Å²) in [5, 5.41) is 7.57. The topological polar surface area (TPSA) is 89.4 Å². The molecule has 39 heavy (non-hydrogen) atoms. The number of benzene rings is 1. The van der Waals surface area contributed by atoms with Gasteiger partial charge in [0.2, 0.25) is 0 Å². The molecule has 220 valence electrons. The second-order valence-corrected chi connectivity index (χ2v) is 8.47. The van der Waals surface area contributed by atoms with Crippen LogP contribution in [-0.2, 0) is 22.4 Å². The zero-order valence-corrected chi connectivity index (χ0v) is 24.5. The zero-order valence-electron chi connectivity index (χ0n) is 24.5. The number of fused-ring (bicyclic) bond motifs is 1. The van der Waals surface area contributed by atoms with Gasteiger partial charge in [-0.3, -0.25) is 4.79 Å². The van der Waals surface area contributed by atoms with E-state index >= 15 is 0 Å². The van der Waals surface area contributed by atoms with E-state index in [2.05, 4.69) is 4.98 Å². The number of allylic oxidation sites excluding steroid dienone is 1. The minimum absolute atomic E-state index is 0. The molecule has 0 amide bonds. The molecule has 1 aromatic heterocycles. The summed E-state index contributed by atoms with van der Waals surface area (Å²) in [5.41, 5.74) is 1.86. The average molecular weight is 543 g/mol. The summed E-state index contributed by atoms with van der Waals surface area (Å²) in [4.78, 5) is 31.0. The lowest BCUT2D eigenvalue weighted by Gasteiger charge is -2.21. The molecule has 1 aromatic carbocycles. The van der Waals surface area contributed by atoms with Crippen molar-refractivity contribution in [2.75, 3.05) is 6.61 Å². The summed E-state index contributed by atoms with van der Waals surface area (Å²) in [7, 11) is 0. The highest BCUT2D eigenvalue weighted by atomic mass is 16.5. The van der Waals surface area contributed by atoms with Crippen LogP contribution in [0.15, 0.2) is 42.3 Å². The Hall–Kier alpha value is -2.86. The molecule has 0 unspecified atom stereocenters. The van der Waals surface area contributed by atoms with Gasteiger partial charge in [0.1, 0.15) is 17.9 Å². The third kappa shape index (κ3) is 16.0. The highest BCUT2D eigenvalue weighted by molar-refractivity contribution is 5.99. The van der Waals surface area contributed by atoms with Gasteiger partial charge in [-0.2, -0.15) is 0 Å². The number of aliphatic hydroxyl groups is 1. The third-order valence-electron chi connectivity index (χ3n) is 5.74. The predicted octanol–water partition coefficient (Wildman–Crippen LogP) is 8.21. The van der Waals surface area contributed by atoms with Crippen molar-refractivity contribution in [3.8, 4) is 5.75 Å². The van der Waals surface area contributed by atoms with E-state index in [1.54, 1.807) is 13.0 Å². The molecule has 0 bridgehead atoms.